The van der Waals surface area contributed by atoms with E-state index in [1.54, 1.807) is 19.2 Å². The van der Waals surface area contributed by atoms with Crippen molar-refractivity contribution < 1.29 is 22.6 Å². The Hall–Kier alpha value is -1.80. The van der Waals surface area contributed by atoms with Crippen LogP contribution in [0.1, 0.15) is 30.9 Å². The molecule has 0 amide bonds. The molecule has 0 spiro atoms. The van der Waals surface area contributed by atoms with Crippen LogP contribution < -0.4 is 10.6 Å². The van der Waals surface area contributed by atoms with E-state index >= 15 is 0 Å². The molecule has 146 valence electrons. The lowest BCUT2D eigenvalue weighted by molar-refractivity contribution is -0.176. The van der Waals surface area contributed by atoms with Gasteiger partial charge < -0.3 is 20.1 Å². The zero-order valence-corrected chi connectivity index (χ0v) is 15.2. The van der Waals surface area contributed by atoms with E-state index in [-0.39, 0.29) is 12.2 Å². The van der Waals surface area contributed by atoms with E-state index in [2.05, 4.69) is 22.5 Å². The Labute approximate surface area is 152 Å². The maximum absolute atomic E-state index is 12.1. The molecular weight excluding hydrogens is 347 g/mol. The first-order chi connectivity index (χ1) is 12.3. The number of alkyl halides is 3. The van der Waals surface area contributed by atoms with Gasteiger partial charge in [-0.25, -0.2) is 0 Å². The predicted octanol–water partition coefficient (Wildman–Crippen LogP) is 3.00. The second-order valence-corrected chi connectivity index (χ2v) is 6.61. The fourth-order valence-corrected chi connectivity index (χ4v) is 2.77. The summed E-state index contributed by atoms with van der Waals surface area (Å²) < 4.78 is 46.8. The molecule has 0 bridgehead atoms. The molecule has 0 aromatic heterocycles. The van der Waals surface area contributed by atoms with E-state index in [0.29, 0.717) is 24.6 Å². The highest BCUT2D eigenvalue weighted by Gasteiger charge is 2.29. The fraction of sp³-hybridized carbons (Fsp3) is 0.611. The number of hydrogen-bond donors (Lipinski definition) is 2. The van der Waals surface area contributed by atoms with Gasteiger partial charge in [0.1, 0.15) is 6.61 Å². The fourth-order valence-electron chi connectivity index (χ4n) is 2.77. The minimum Gasteiger partial charge on any atom is -0.373 e. The smallest absolute Gasteiger partial charge is 0.373 e. The van der Waals surface area contributed by atoms with E-state index in [4.69, 9.17) is 9.47 Å². The number of rotatable bonds is 7. The topological polar surface area (TPSA) is 54.9 Å². The maximum atomic E-state index is 12.1. The van der Waals surface area contributed by atoms with Crippen LogP contribution in [-0.4, -0.2) is 44.5 Å². The molecule has 1 atom stereocenters. The van der Waals surface area contributed by atoms with Gasteiger partial charge >= 0.3 is 6.18 Å². The van der Waals surface area contributed by atoms with Crippen LogP contribution in [0.5, 0.6) is 0 Å². The Balaban J connectivity index is 1.79. The summed E-state index contributed by atoms with van der Waals surface area (Å²) in [6.07, 6.45) is -2.23. The minimum atomic E-state index is -4.31. The van der Waals surface area contributed by atoms with E-state index in [1.807, 2.05) is 12.1 Å². The second kappa shape index (κ2) is 9.23. The number of hydrogen-bond acceptors (Lipinski definition) is 3. The SMILES string of the molecule is CN=C(NCc1cccc(COCC(F)(F)F)c1)NCC1(C)CCCO1. The lowest BCUT2D eigenvalue weighted by Crippen LogP contribution is -2.45. The Kier molecular flexibility index (Phi) is 7.28. The predicted molar refractivity (Wildman–Crippen MR) is 93.9 cm³/mol. The van der Waals surface area contributed by atoms with Crippen molar-refractivity contribution >= 4 is 5.96 Å². The van der Waals surface area contributed by atoms with E-state index < -0.39 is 12.8 Å². The number of halogens is 3. The first kappa shape index (κ1) is 20.5. The molecule has 5 nitrogen and oxygen atoms in total. The molecule has 0 aliphatic carbocycles. The summed E-state index contributed by atoms with van der Waals surface area (Å²) in [7, 11) is 1.69. The Morgan fingerprint density at radius 3 is 2.73 bits per heavy atom. The monoisotopic (exact) mass is 373 g/mol. The standard InChI is InChI=1S/C18H26F3N3O2/c1-17(7-4-8-26-17)12-24-16(22-2)23-10-14-5-3-6-15(9-14)11-25-13-18(19,20)21/h3,5-6,9H,4,7-8,10-13H2,1-2H3,(H2,22,23,24). The molecule has 2 N–H and O–H groups in total. The summed E-state index contributed by atoms with van der Waals surface area (Å²) in [6.45, 7) is 2.71. The van der Waals surface area contributed by atoms with Gasteiger partial charge in [0.25, 0.3) is 0 Å². The summed E-state index contributed by atoms with van der Waals surface area (Å²) in [5.74, 6) is 0.653. The minimum absolute atomic E-state index is 0.0734. The van der Waals surface area contributed by atoms with Gasteiger partial charge in [0.05, 0.1) is 12.2 Å². The molecule has 1 aromatic carbocycles. The third-order valence-corrected chi connectivity index (χ3v) is 4.14. The first-order valence-corrected chi connectivity index (χ1v) is 8.60. The molecule has 1 aliphatic rings. The molecule has 1 unspecified atom stereocenters. The average Bonchev–Trinajstić information content (AvgIpc) is 3.01. The first-order valence-electron chi connectivity index (χ1n) is 8.60. The van der Waals surface area contributed by atoms with Gasteiger partial charge in [0, 0.05) is 26.7 Å². The van der Waals surface area contributed by atoms with Crippen LogP contribution in [0.15, 0.2) is 29.3 Å². The highest BCUT2D eigenvalue weighted by atomic mass is 19.4. The molecule has 1 aliphatic heterocycles. The van der Waals surface area contributed by atoms with Gasteiger partial charge in [-0.1, -0.05) is 24.3 Å². The Bertz CT molecular complexity index is 600. The van der Waals surface area contributed by atoms with Gasteiger partial charge in [-0.2, -0.15) is 13.2 Å². The Morgan fingerprint density at radius 1 is 1.31 bits per heavy atom. The van der Waals surface area contributed by atoms with Crippen LogP contribution in [0.4, 0.5) is 13.2 Å². The van der Waals surface area contributed by atoms with E-state index in [1.165, 1.54) is 0 Å². The summed E-state index contributed by atoms with van der Waals surface area (Å²) in [5, 5.41) is 6.45. The van der Waals surface area contributed by atoms with Crippen molar-refractivity contribution in [2.75, 3.05) is 26.8 Å². The van der Waals surface area contributed by atoms with Gasteiger partial charge in [0.2, 0.25) is 0 Å². The zero-order valence-electron chi connectivity index (χ0n) is 15.2. The number of aliphatic imine (C=N–C) groups is 1. The zero-order chi connectivity index (χ0) is 19.0. The van der Waals surface area contributed by atoms with Gasteiger partial charge in [-0.15, -0.1) is 0 Å². The summed E-state index contributed by atoms with van der Waals surface area (Å²) in [5.41, 5.74) is 1.46. The number of nitrogens with one attached hydrogen (secondary N) is 2. The number of benzene rings is 1. The van der Waals surface area contributed by atoms with Crippen LogP contribution in [0.2, 0.25) is 0 Å². The molecule has 26 heavy (non-hydrogen) atoms. The summed E-state index contributed by atoms with van der Waals surface area (Å²) in [4.78, 5) is 4.18. The third kappa shape index (κ3) is 7.21. The Morgan fingerprint density at radius 2 is 2.08 bits per heavy atom. The van der Waals surface area contributed by atoms with Crippen LogP contribution in [0.3, 0.4) is 0 Å². The van der Waals surface area contributed by atoms with Crippen molar-refractivity contribution in [2.24, 2.45) is 4.99 Å². The molecule has 8 heteroatoms. The molecule has 1 fully saturated rings. The van der Waals surface area contributed by atoms with Crippen molar-refractivity contribution in [1.29, 1.82) is 0 Å². The molecular formula is C18H26F3N3O2. The molecule has 1 heterocycles. The van der Waals surface area contributed by atoms with Crippen LogP contribution in [0.25, 0.3) is 0 Å². The molecule has 1 saturated heterocycles. The van der Waals surface area contributed by atoms with Gasteiger partial charge in [-0.05, 0) is 30.9 Å². The van der Waals surface area contributed by atoms with Crippen molar-refractivity contribution in [1.82, 2.24) is 10.6 Å². The van der Waals surface area contributed by atoms with Gasteiger partial charge in [-0.3, -0.25) is 4.99 Å². The average molecular weight is 373 g/mol. The van der Waals surface area contributed by atoms with E-state index in [9.17, 15) is 13.2 Å². The molecule has 0 saturated carbocycles. The highest BCUT2D eigenvalue weighted by Crippen LogP contribution is 2.23. The highest BCUT2D eigenvalue weighted by molar-refractivity contribution is 5.79. The quantitative estimate of drug-likeness (QED) is 0.570. The van der Waals surface area contributed by atoms with Crippen molar-refractivity contribution in [2.45, 2.75) is 44.7 Å². The van der Waals surface area contributed by atoms with E-state index in [0.717, 1.165) is 25.0 Å². The van der Waals surface area contributed by atoms with Crippen LogP contribution >= 0.6 is 0 Å². The number of nitrogens with zero attached hydrogens (tertiary/aromatic N) is 1. The normalized spacial score (nSPS) is 21.0. The van der Waals surface area contributed by atoms with Crippen molar-refractivity contribution in [3.8, 4) is 0 Å². The lowest BCUT2D eigenvalue weighted by Gasteiger charge is -2.24. The van der Waals surface area contributed by atoms with Crippen LogP contribution in [0, 0.1) is 0 Å². The molecule has 0 radical (unpaired) electrons. The molecule has 2 rings (SSSR count). The second-order valence-electron chi connectivity index (χ2n) is 6.61. The largest absolute Gasteiger partial charge is 0.411 e. The van der Waals surface area contributed by atoms with Crippen molar-refractivity contribution in [3.05, 3.63) is 35.4 Å². The number of guanidine groups is 1. The molecule has 1 aromatic rings. The summed E-state index contributed by atoms with van der Waals surface area (Å²) in [6, 6.07) is 7.26. The van der Waals surface area contributed by atoms with Crippen molar-refractivity contribution in [3.63, 3.8) is 0 Å². The maximum Gasteiger partial charge on any atom is 0.411 e. The number of ether oxygens (including phenoxy) is 2. The summed E-state index contributed by atoms with van der Waals surface area (Å²) >= 11 is 0. The van der Waals surface area contributed by atoms with Gasteiger partial charge in [0.15, 0.2) is 5.96 Å². The third-order valence-electron chi connectivity index (χ3n) is 4.14. The van der Waals surface area contributed by atoms with Crippen LogP contribution in [-0.2, 0) is 22.6 Å². The lowest BCUT2D eigenvalue weighted by atomic mass is 10.0.